The first-order valence-electron chi connectivity index (χ1n) is 9.29. The van der Waals surface area contributed by atoms with Gasteiger partial charge in [0.2, 0.25) is 5.91 Å². The number of aromatic nitrogens is 2. The minimum atomic E-state index is -0.603. The summed E-state index contributed by atoms with van der Waals surface area (Å²) in [5.41, 5.74) is 0.536. The molecule has 1 aromatic heterocycles. The van der Waals surface area contributed by atoms with Crippen molar-refractivity contribution in [2.75, 3.05) is 20.2 Å². The van der Waals surface area contributed by atoms with E-state index in [1.807, 2.05) is 49.1 Å². The molecule has 0 N–H and O–H groups in total. The molecule has 1 aliphatic rings. The number of hydrogen-bond acceptors (Lipinski definition) is 5. The van der Waals surface area contributed by atoms with Crippen LogP contribution in [0.1, 0.15) is 50.4 Å². The molecule has 0 spiro atoms. The summed E-state index contributed by atoms with van der Waals surface area (Å²) in [6, 6.07) is 10.1. The van der Waals surface area contributed by atoms with Crippen molar-refractivity contribution in [1.82, 2.24) is 15.0 Å². The molecule has 1 atom stereocenters. The van der Waals surface area contributed by atoms with Crippen LogP contribution in [-0.4, -0.2) is 41.1 Å². The number of carbonyl (C=O) groups is 1. The molecule has 6 nitrogen and oxygen atoms in total. The summed E-state index contributed by atoms with van der Waals surface area (Å²) in [6.45, 7) is 5.31. The zero-order valence-electron chi connectivity index (χ0n) is 15.8. The first kappa shape index (κ1) is 18.6. The number of ether oxygens (including phenoxy) is 1. The molecule has 2 heterocycles. The largest absolute Gasteiger partial charge is 0.368 e. The van der Waals surface area contributed by atoms with Gasteiger partial charge in [-0.3, -0.25) is 4.79 Å². The van der Waals surface area contributed by atoms with Crippen molar-refractivity contribution in [3.63, 3.8) is 0 Å². The Balaban J connectivity index is 1.69. The average Bonchev–Trinajstić information content (AvgIpc) is 3.16. The van der Waals surface area contributed by atoms with Crippen molar-refractivity contribution < 1.29 is 14.1 Å². The van der Waals surface area contributed by atoms with Crippen LogP contribution in [0.5, 0.6) is 0 Å². The van der Waals surface area contributed by atoms with Gasteiger partial charge in [-0.15, -0.1) is 0 Å². The third-order valence-corrected chi connectivity index (χ3v) is 5.37. The Hall–Kier alpha value is -2.21. The molecule has 1 fully saturated rings. The Morgan fingerprint density at radius 2 is 2.00 bits per heavy atom. The van der Waals surface area contributed by atoms with Crippen molar-refractivity contribution in [2.24, 2.45) is 5.92 Å². The van der Waals surface area contributed by atoms with Gasteiger partial charge in [-0.25, -0.2) is 0 Å². The van der Waals surface area contributed by atoms with Crippen molar-refractivity contribution >= 4 is 5.91 Å². The van der Waals surface area contributed by atoms with Gasteiger partial charge in [0.05, 0.1) is 0 Å². The zero-order valence-corrected chi connectivity index (χ0v) is 15.8. The van der Waals surface area contributed by atoms with Gasteiger partial charge in [-0.05, 0) is 12.0 Å². The van der Waals surface area contributed by atoms with E-state index in [4.69, 9.17) is 9.26 Å². The van der Waals surface area contributed by atoms with Gasteiger partial charge in [0.25, 0.3) is 5.89 Å². The molecule has 3 rings (SSSR count). The molecule has 0 radical (unpaired) electrons. The maximum atomic E-state index is 12.4. The number of amides is 1. The van der Waals surface area contributed by atoms with Gasteiger partial charge < -0.3 is 14.2 Å². The monoisotopic (exact) mass is 357 g/mol. The van der Waals surface area contributed by atoms with E-state index in [9.17, 15) is 4.79 Å². The molecule has 1 unspecified atom stereocenters. The normalized spacial score (nSPS) is 17.9. The summed E-state index contributed by atoms with van der Waals surface area (Å²) < 4.78 is 11.4. The summed E-state index contributed by atoms with van der Waals surface area (Å²) >= 11 is 0. The average molecular weight is 357 g/mol. The summed E-state index contributed by atoms with van der Waals surface area (Å²) in [5.74, 6) is 1.45. The van der Waals surface area contributed by atoms with Gasteiger partial charge in [-0.1, -0.05) is 49.3 Å². The molecule has 1 aromatic carbocycles. The van der Waals surface area contributed by atoms with E-state index in [1.54, 1.807) is 7.11 Å². The SMILES string of the molecule is CCC(C)C(=O)N1CCC(OC)(c2nc(Cc3ccccc3)no2)CC1. The van der Waals surface area contributed by atoms with Crippen molar-refractivity contribution in [3.05, 3.63) is 47.6 Å². The smallest absolute Gasteiger partial charge is 0.259 e. The molecule has 0 saturated carbocycles. The first-order valence-corrected chi connectivity index (χ1v) is 9.29. The third-order valence-electron chi connectivity index (χ3n) is 5.37. The van der Waals surface area contributed by atoms with Crippen LogP contribution in [0, 0.1) is 5.92 Å². The van der Waals surface area contributed by atoms with E-state index in [0.29, 0.717) is 44.1 Å². The van der Waals surface area contributed by atoms with E-state index >= 15 is 0 Å². The molecule has 1 amide bonds. The summed E-state index contributed by atoms with van der Waals surface area (Å²) in [7, 11) is 1.67. The van der Waals surface area contributed by atoms with Crippen LogP contribution in [0.25, 0.3) is 0 Å². The summed E-state index contributed by atoms with van der Waals surface area (Å²) in [6.07, 6.45) is 2.82. The Morgan fingerprint density at radius 1 is 1.31 bits per heavy atom. The highest BCUT2D eigenvalue weighted by atomic mass is 16.5. The number of likely N-dealkylation sites (tertiary alicyclic amines) is 1. The van der Waals surface area contributed by atoms with Gasteiger partial charge in [0.1, 0.15) is 5.60 Å². The summed E-state index contributed by atoms with van der Waals surface area (Å²) in [4.78, 5) is 18.9. The molecule has 140 valence electrons. The molecule has 0 bridgehead atoms. The minimum absolute atomic E-state index is 0.0610. The fraction of sp³-hybridized carbons (Fsp3) is 0.550. The second-order valence-electron chi connectivity index (χ2n) is 7.01. The number of carbonyl (C=O) groups excluding carboxylic acids is 1. The highest BCUT2D eigenvalue weighted by molar-refractivity contribution is 5.78. The molecule has 2 aromatic rings. The lowest BCUT2D eigenvalue weighted by atomic mass is 9.90. The lowest BCUT2D eigenvalue weighted by Gasteiger charge is -2.39. The molecule has 0 aliphatic carbocycles. The quantitative estimate of drug-likeness (QED) is 0.794. The van der Waals surface area contributed by atoms with E-state index < -0.39 is 5.60 Å². The molecule has 6 heteroatoms. The fourth-order valence-corrected chi connectivity index (χ4v) is 3.37. The number of hydrogen-bond donors (Lipinski definition) is 0. The standard InChI is InChI=1S/C20H27N3O3/c1-4-15(2)18(24)23-12-10-20(25-3,11-13-23)19-21-17(22-26-19)14-16-8-6-5-7-9-16/h5-9,15H,4,10-14H2,1-3H3. The van der Waals surface area contributed by atoms with E-state index in [1.165, 1.54) is 0 Å². The lowest BCUT2D eigenvalue weighted by Crippen LogP contribution is -2.47. The minimum Gasteiger partial charge on any atom is -0.368 e. The number of methoxy groups -OCH3 is 1. The number of benzene rings is 1. The van der Waals surface area contributed by atoms with Crippen molar-refractivity contribution in [1.29, 1.82) is 0 Å². The maximum absolute atomic E-state index is 12.4. The van der Waals surface area contributed by atoms with Crippen LogP contribution >= 0.6 is 0 Å². The van der Waals surface area contributed by atoms with E-state index in [2.05, 4.69) is 10.1 Å². The summed E-state index contributed by atoms with van der Waals surface area (Å²) in [5, 5.41) is 4.13. The predicted octanol–water partition coefficient (Wildman–Crippen LogP) is 3.17. The molecule has 26 heavy (non-hydrogen) atoms. The van der Waals surface area contributed by atoms with Crippen LogP contribution in [-0.2, 0) is 21.6 Å². The highest BCUT2D eigenvalue weighted by Crippen LogP contribution is 2.35. The van der Waals surface area contributed by atoms with E-state index in [0.717, 1.165) is 12.0 Å². The van der Waals surface area contributed by atoms with Gasteiger partial charge >= 0.3 is 0 Å². The van der Waals surface area contributed by atoms with Crippen LogP contribution < -0.4 is 0 Å². The van der Waals surface area contributed by atoms with Gasteiger partial charge in [-0.2, -0.15) is 4.98 Å². The van der Waals surface area contributed by atoms with Crippen molar-refractivity contribution in [2.45, 2.75) is 45.1 Å². The molecule has 1 aliphatic heterocycles. The second-order valence-corrected chi connectivity index (χ2v) is 7.01. The Bertz CT molecular complexity index is 721. The number of rotatable bonds is 6. The molecular weight excluding hydrogens is 330 g/mol. The topological polar surface area (TPSA) is 68.5 Å². The third kappa shape index (κ3) is 3.80. The van der Waals surface area contributed by atoms with Gasteiger partial charge in [0, 0.05) is 45.4 Å². The zero-order chi connectivity index (χ0) is 18.6. The lowest BCUT2D eigenvalue weighted by molar-refractivity contribution is -0.142. The number of nitrogens with zero attached hydrogens (tertiary/aromatic N) is 3. The number of piperidine rings is 1. The Morgan fingerprint density at radius 3 is 2.62 bits per heavy atom. The Kier molecular flexibility index (Phi) is 5.71. The predicted molar refractivity (Wildman–Crippen MR) is 97.5 cm³/mol. The Labute approximate surface area is 154 Å². The second kappa shape index (κ2) is 7.99. The maximum Gasteiger partial charge on any atom is 0.259 e. The van der Waals surface area contributed by atoms with Crippen LogP contribution in [0.3, 0.4) is 0 Å². The molecular formula is C20H27N3O3. The first-order chi connectivity index (χ1) is 12.6. The highest BCUT2D eigenvalue weighted by Gasteiger charge is 2.42. The molecule has 1 saturated heterocycles. The van der Waals surface area contributed by atoms with Crippen LogP contribution in [0.4, 0.5) is 0 Å². The van der Waals surface area contributed by atoms with Crippen LogP contribution in [0.15, 0.2) is 34.9 Å². The fourth-order valence-electron chi connectivity index (χ4n) is 3.37. The van der Waals surface area contributed by atoms with Crippen LogP contribution in [0.2, 0.25) is 0 Å². The van der Waals surface area contributed by atoms with Gasteiger partial charge in [0.15, 0.2) is 5.82 Å². The van der Waals surface area contributed by atoms with E-state index in [-0.39, 0.29) is 11.8 Å². The van der Waals surface area contributed by atoms with Crippen molar-refractivity contribution in [3.8, 4) is 0 Å².